The van der Waals surface area contributed by atoms with Crippen molar-refractivity contribution in [2.45, 2.75) is 33.2 Å². The van der Waals surface area contributed by atoms with Crippen LogP contribution < -0.4 is 5.32 Å². The van der Waals surface area contributed by atoms with Crippen LogP contribution in [0.2, 0.25) is 5.02 Å². The number of benzene rings is 2. The monoisotopic (exact) mass is 303 g/mol. The van der Waals surface area contributed by atoms with Crippen LogP contribution in [-0.4, -0.2) is 5.11 Å². The van der Waals surface area contributed by atoms with E-state index >= 15 is 0 Å². The summed E-state index contributed by atoms with van der Waals surface area (Å²) in [6.07, 6.45) is 1.11. The van der Waals surface area contributed by atoms with Gasteiger partial charge < -0.3 is 10.4 Å². The number of anilines is 1. The van der Waals surface area contributed by atoms with Crippen LogP contribution in [0.15, 0.2) is 42.5 Å². The van der Waals surface area contributed by atoms with E-state index in [4.69, 9.17) is 11.6 Å². The van der Waals surface area contributed by atoms with Crippen molar-refractivity contribution in [1.82, 2.24) is 0 Å². The van der Waals surface area contributed by atoms with Crippen LogP contribution in [0.25, 0.3) is 0 Å². The first-order valence-corrected chi connectivity index (χ1v) is 7.67. The van der Waals surface area contributed by atoms with Crippen LogP contribution in [0.1, 0.15) is 37.9 Å². The van der Waals surface area contributed by atoms with Crippen molar-refractivity contribution in [2.75, 3.05) is 5.32 Å². The number of nitrogens with one attached hydrogen (secondary N) is 1. The molecule has 2 aromatic rings. The molecule has 0 amide bonds. The summed E-state index contributed by atoms with van der Waals surface area (Å²) in [6, 6.07) is 14.1. The molecule has 2 rings (SSSR count). The van der Waals surface area contributed by atoms with E-state index in [-0.39, 0.29) is 11.8 Å². The van der Waals surface area contributed by atoms with Crippen LogP contribution in [0.3, 0.4) is 0 Å². The molecule has 0 saturated heterocycles. The van der Waals surface area contributed by atoms with Crippen molar-refractivity contribution >= 4 is 17.3 Å². The number of halogens is 1. The Morgan fingerprint density at radius 3 is 2.29 bits per heavy atom. The zero-order valence-electron chi connectivity index (χ0n) is 12.7. The molecule has 0 spiro atoms. The minimum Gasteiger partial charge on any atom is -0.506 e. The fraction of sp³-hybridized carbons (Fsp3) is 0.333. The van der Waals surface area contributed by atoms with Crippen molar-refractivity contribution in [2.24, 2.45) is 5.92 Å². The SMILES string of the molecule is CC(C)Cc1ccc(C(C)Nc2ccc(O)c(Cl)c2)cc1. The number of aromatic hydroxyl groups is 1. The molecule has 1 unspecified atom stereocenters. The van der Waals surface area contributed by atoms with Gasteiger partial charge in [-0.2, -0.15) is 0 Å². The normalized spacial score (nSPS) is 12.4. The molecular formula is C18H22ClNO. The smallest absolute Gasteiger partial charge is 0.134 e. The van der Waals surface area contributed by atoms with Gasteiger partial charge in [0.25, 0.3) is 0 Å². The van der Waals surface area contributed by atoms with Crippen LogP contribution in [0.4, 0.5) is 5.69 Å². The number of phenols is 1. The zero-order chi connectivity index (χ0) is 15.4. The molecule has 21 heavy (non-hydrogen) atoms. The van der Waals surface area contributed by atoms with Gasteiger partial charge in [0.15, 0.2) is 0 Å². The minimum absolute atomic E-state index is 0.105. The second-order valence-electron chi connectivity index (χ2n) is 5.87. The summed E-state index contributed by atoms with van der Waals surface area (Å²) in [5, 5.41) is 13.2. The second-order valence-corrected chi connectivity index (χ2v) is 6.28. The van der Waals surface area contributed by atoms with Gasteiger partial charge in [-0.3, -0.25) is 0 Å². The third-order valence-corrected chi connectivity index (χ3v) is 3.76. The maximum Gasteiger partial charge on any atom is 0.134 e. The summed E-state index contributed by atoms with van der Waals surface area (Å²) in [5.41, 5.74) is 3.50. The van der Waals surface area contributed by atoms with Gasteiger partial charge in [0.05, 0.1) is 5.02 Å². The molecule has 2 aromatic carbocycles. The standard InChI is InChI=1S/C18H22ClNO/c1-12(2)10-14-4-6-15(7-5-14)13(3)20-16-8-9-18(21)17(19)11-16/h4-9,11-13,20-21H,10H2,1-3H3. The van der Waals surface area contributed by atoms with E-state index in [2.05, 4.69) is 50.4 Å². The summed E-state index contributed by atoms with van der Waals surface area (Å²) in [6.45, 7) is 6.57. The zero-order valence-corrected chi connectivity index (χ0v) is 13.5. The first-order chi connectivity index (χ1) is 9.95. The highest BCUT2D eigenvalue weighted by atomic mass is 35.5. The van der Waals surface area contributed by atoms with Crippen LogP contribution in [0.5, 0.6) is 5.75 Å². The molecule has 0 saturated carbocycles. The van der Waals surface area contributed by atoms with E-state index in [1.807, 2.05) is 6.07 Å². The first kappa shape index (κ1) is 15.7. The molecule has 0 aliphatic rings. The van der Waals surface area contributed by atoms with Crippen LogP contribution >= 0.6 is 11.6 Å². The summed E-state index contributed by atoms with van der Waals surface area (Å²) < 4.78 is 0. The molecule has 2 nitrogen and oxygen atoms in total. The van der Waals surface area contributed by atoms with Crippen LogP contribution in [0, 0.1) is 5.92 Å². The fourth-order valence-corrected chi connectivity index (χ4v) is 2.52. The van der Waals surface area contributed by atoms with Gasteiger partial charge in [0, 0.05) is 11.7 Å². The van der Waals surface area contributed by atoms with E-state index in [1.165, 1.54) is 11.1 Å². The number of rotatable bonds is 5. The van der Waals surface area contributed by atoms with Crippen molar-refractivity contribution in [3.8, 4) is 5.75 Å². The molecule has 112 valence electrons. The molecule has 0 fully saturated rings. The minimum atomic E-state index is 0.105. The predicted molar refractivity (Wildman–Crippen MR) is 90.1 cm³/mol. The third kappa shape index (κ3) is 4.40. The molecule has 0 heterocycles. The van der Waals surface area contributed by atoms with Crippen molar-refractivity contribution in [1.29, 1.82) is 0 Å². The summed E-state index contributed by atoms with van der Waals surface area (Å²) in [4.78, 5) is 0. The Labute approximate surface area is 131 Å². The van der Waals surface area contributed by atoms with Gasteiger partial charge >= 0.3 is 0 Å². The van der Waals surface area contributed by atoms with Crippen molar-refractivity contribution in [3.05, 3.63) is 58.6 Å². The highest BCUT2D eigenvalue weighted by Gasteiger charge is 2.07. The molecule has 0 bridgehead atoms. The Morgan fingerprint density at radius 2 is 1.71 bits per heavy atom. The average Bonchev–Trinajstić information content (AvgIpc) is 2.43. The topological polar surface area (TPSA) is 32.3 Å². The molecule has 1 atom stereocenters. The second kappa shape index (κ2) is 6.86. The van der Waals surface area contributed by atoms with E-state index in [0.29, 0.717) is 10.9 Å². The van der Waals surface area contributed by atoms with Gasteiger partial charge in [0.1, 0.15) is 5.75 Å². The molecule has 0 aliphatic heterocycles. The Bertz CT molecular complexity index is 593. The molecule has 0 radical (unpaired) electrons. The summed E-state index contributed by atoms with van der Waals surface area (Å²) >= 11 is 5.92. The number of hydrogen-bond donors (Lipinski definition) is 2. The molecular weight excluding hydrogens is 282 g/mol. The molecule has 0 aromatic heterocycles. The molecule has 0 aliphatic carbocycles. The summed E-state index contributed by atoms with van der Waals surface area (Å²) in [7, 11) is 0. The predicted octanol–water partition coefficient (Wildman–Crippen LogP) is 5.42. The van der Waals surface area contributed by atoms with E-state index in [1.54, 1.807) is 12.1 Å². The maximum atomic E-state index is 9.44. The number of hydrogen-bond acceptors (Lipinski definition) is 2. The lowest BCUT2D eigenvalue weighted by molar-refractivity contribution is 0.475. The lowest BCUT2D eigenvalue weighted by atomic mass is 10.00. The molecule has 2 N–H and O–H groups in total. The van der Waals surface area contributed by atoms with Gasteiger partial charge in [-0.25, -0.2) is 0 Å². The Kier molecular flexibility index (Phi) is 5.13. The van der Waals surface area contributed by atoms with Gasteiger partial charge in [-0.1, -0.05) is 49.7 Å². The van der Waals surface area contributed by atoms with Gasteiger partial charge in [-0.15, -0.1) is 0 Å². The Morgan fingerprint density at radius 1 is 1.05 bits per heavy atom. The van der Waals surface area contributed by atoms with Crippen molar-refractivity contribution in [3.63, 3.8) is 0 Å². The largest absolute Gasteiger partial charge is 0.506 e. The van der Waals surface area contributed by atoms with Crippen molar-refractivity contribution < 1.29 is 5.11 Å². The molecule has 3 heteroatoms. The van der Waals surface area contributed by atoms with E-state index in [0.717, 1.165) is 12.1 Å². The Balaban J connectivity index is 2.05. The summed E-state index contributed by atoms with van der Waals surface area (Å²) in [5.74, 6) is 0.776. The van der Waals surface area contributed by atoms with E-state index < -0.39 is 0 Å². The van der Waals surface area contributed by atoms with E-state index in [9.17, 15) is 5.11 Å². The quantitative estimate of drug-likeness (QED) is 0.723. The highest BCUT2D eigenvalue weighted by Crippen LogP contribution is 2.28. The van der Waals surface area contributed by atoms with Crippen LogP contribution in [-0.2, 0) is 6.42 Å². The number of phenolic OH excluding ortho intramolecular Hbond substituents is 1. The third-order valence-electron chi connectivity index (χ3n) is 3.45. The average molecular weight is 304 g/mol. The lowest BCUT2D eigenvalue weighted by Gasteiger charge is -2.17. The Hall–Kier alpha value is -1.67. The lowest BCUT2D eigenvalue weighted by Crippen LogP contribution is -2.06. The maximum absolute atomic E-state index is 9.44. The highest BCUT2D eigenvalue weighted by molar-refractivity contribution is 6.32. The fourth-order valence-electron chi connectivity index (χ4n) is 2.34. The first-order valence-electron chi connectivity index (χ1n) is 7.29. The van der Waals surface area contributed by atoms with Gasteiger partial charge in [-0.05, 0) is 48.6 Å². The van der Waals surface area contributed by atoms with Gasteiger partial charge in [0.2, 0.25) is 0 Å².